The van der Waals surface area contributed by atoms with Crippen LogP contribution >= 0.6 is 11.3 Å². The second kappa shape index (κ2) is 5.57. The summed E-state index contributed by atoms with van der Waals surface area (Å²) >= 11 is 1.77. The summed E-state index contributed by atoms with van der Waals surface area (Å²) in [6.45, 7) is 1.89. The molecule has 4 rings (SSSR count). The van der Waals surface area contributed by atoms with E-state index >= 15 is 0 Å². The van der Waals surface area contributed by atoms with E-state index in [1.54, 1.807) is 11.3 Å². The van der Waals surface area contributed by atoms with Gasteiger partial charge in [-0.05, 0) is 37.8 Å². The fraction of sp³-hybridized carbons (Fsp3) is 0.588. The molecular weight excluding hydrogens is 296 g/mol. The first-order valence-corrected chi connectivity index (χ1v) is 8.83. The Labute approximate surface area is 134 Å². The zero-order chi connectivity index (χ0) is 15.2. The third kappa shape index (κ3) is 2.36. The quantitative estimate of drug-likeness (QED) is 0.945. The summed E-state index contributed by atoms with van der Waals surface area (Å²) in [5.41, 5.74) is 1.03. The van der Waals surface area contributed by atoms with Crippen LogP contribution in [0.2, 0.25) is 0 Å². The summed E-state index contributed by atoms with van der Waals surface area (Å²) in [4.78, 5) is 7.22. The largest absolute Gasteiger partial charge is 0.393 e. The monoisotopic (exact) mass is 318 g/mol. The summed E-state index contributed by atoms with van der Waals surface area (Å²) in [6.07, 6.45) is 3.51. The van der Waals surface area contributed by atoms with Crippen molar-refractivity contribution in [3.63, 3.8) is 0 Å². The third-order valence-corrected chi connectivity index (χ3v) is 6.37. The van der Waals surface area contributed by atoms with Gasteiger partial charge in [-0.1, -0.05) is 12.1 Å². The normalized spacial score (nSPS) is 32.5. The van der Waals surface area contributed by atoms with E-state index in [9.17, 15) is 5.11 Å². The van der Waals surface area contributed by atoms with Crippen molar-refractivity contribution < 1.29 is 9.84 Å². The molecule has 2 aliphatic rings. The lowest BCUT2D eigenvalue weighted by molar-refractivity contribution is -0.0879. The van der Waals surface area contributed by atoms with E-state index in [0.29, 0.717) is 6.04 Å². The lowest BCUT2D eigenvalue weighted by Crippen LogP contribution is -2.51. The molecule has 1 saturated heterocycles. The van der Waals surface area contributed by atoms with Gasteiger partial charge < -0.3 is 9.84 Å². The number of para-hydroxylation sites is 1. The second-order valence-corrected chi connectivity index (χ2v) is 7.62. The van der Waals surface area contributed by atoms with Crippen molar-refractivity contribution in [3.8, 4) is 0 Å². The predicted octanol–water partition coefficient (Wildman–Crippen LogP) is 2.80. The number of likely N-dealkylation sites (tertiary alicyclic amines) is 1. The molecule has 0 radical (unpaired) electrons. The molecule has 3 atom stereocenters. The lowest BCUT2D eigenvalue weighted by Gasteiger charge is -2.42. The average Bonchev–Trinajstić information content (AvgIpc) is 3.09. The topological polar surface area (TPSA) is 45.6 Å². The molecule has 2 aromatic rings. The van der Waals surface area contributed by atoms with Crippen LogP contribution in [-0.4, -0.2) is 46.4 Å². The molecule has 2 fully saturated rings. The maximum Gasteiger partial charge on any atom is 0.108 e. The zero-order valence-electron chi connectivity index (χ0n) is 12.9. The highest BCUT2D eigenvalue weighted by molar-refractivity contribution is 7.18. The van der Waals surface area contributed by atoms with Crippen molar-refractivity contribution in [1.29, 1.82) is 0 Å². The highest BCUT2D eigenvalue weighted by Crippen LogP contribution is 2.43. The van der Waals surface area contributed by atoms with Gasteiger partial charge >= 0.3 is 0 Å². The fourth-order valence-corrected chi connectivity index (χ4v) is 5.11. The maximum atomic E-state index is 10.1. The number of aromatic nitrogens is 1. The van der Waals surface area contributed by atoms with Crippen LogP contribution in [0.4, 0.5) is 0 Å². The molecule has 1 aromatic carbocycles. The van der Waals surface area contributed by atoms with Gasteiger partial charge in [-0.2, -0.15) is 0 Å². The molecular formula is C17H22N2O2S. The van der Waals surface area contributed by atoms with Crippen LogP contribution in [0, 0.1) is 0 Å². The zero-order valence-corrected chi connectivity index (χ0v) is 13.7. The standard InChI is InChI=1S/C17H22N2O2S/c1-21-17-7-6-12(20)10-15(17)19(9-8-17)11-16-18-13-4-2-3-5-14(13)22-16/h2-5,12,15,20H,6-11H2,1H3/t12-,15+,17-/m1/s1. The highest BCUT2D eigenvalue weighted by atomic mass is 32.1. The van der Waals surface area contributed by atoms with Crippen molar-refractivity contribution in [1.82, 2.24) is 9.88 Å². The van der Waals surface area contributed by atoms with E-state index in [4.69, 9.17) is 9.72 Å². The highest BCUT2D eigenvalue weighted by Gasteiger charge is 2.50. The summed E-state index contributed by atoms with van der Waals surface area (Å²) < 4.78 is 7.16. The van der Waals surface area contributed by atoms with E-state index in [2.05, 4.69) is 23.1 Å². The van der Waals surface area contributed by atoms with Crippen LogP contribution in [0.5, 0.6) is 0 Å². The SMILES string of the molecule is CO[C@@]12CC[C@@H](O)C[C@@H]1N(Cc1nc3ccccc3s1)CC2. The molecule has 0 bridgehead atoms. The number of hydrogen-bond acceptors (Lipinski definition) is 5. The number of rotatable bonds is 3. The van der Waals surface area contributed by atoms with Crippen LogP contribution < -0.4 is 0 Å². The second-order valence-electron chi connectivity index (χ2n) is 6.51. The Bertz CT molecular complexity index is 640. The number of methoxy groups -OCH3 is 1. The third-order valence-electron chi connectivity index (χ3n) is 5.35. The molecule has 4 nitrogen and oxygen atoms in total. The lowest BCUT2D eigenvalue weighted by atomic mass is 9.79. The Hall–Kier alpha value is -1.01. The summed E-state index contributed by atoms with van der Waals surface area (Å²) in [5, 5.41) is 11.2. The summed E-state index contributed by atoms with van der Waals surface area (Å²) in [6, 6.07) is 8.61. The predicted molar refractivity (Wildman–Crippen MR) is 88.0 cm³/mol. The van der Waals surface area contributed by atoms with Crippen LogP contribution in [0.1, 0.15) is 30.7 Å². The number of nitrogens with zero attached hydrogens (tertiary/aromatic N) is 2. The molecule has 1 aliphatic carbocycles. The van der Waals surface area contributed by atoms with Gasteiger partial charge in [0.1, 0.15) is 5.01 Å². The molecule has 118 valence electrons. The van der Waals surface area contributed by atoms with Gasteiger partial charge in [-0.25, -0.2) is 4.98 Å². The van der Waals surface area contributed by atoms with E-state index in [1.807, 2.05) is 13.2 Å². The molecule has 2 heterocycles. The van der Waals surface area contributed by atoms with Gasteiger partial charge in [0.05, 0.1) is 28.5 Å². The van der Waals surface area contributed by atoms with Crippen LogP contribution in [0.25, 0.3) is 10.2 Å². The molecule has 0 unspecified atom stereocenters. The Morgan fingerprint density at radius 3 is 3.09 bits per heavy atom. The van der Waals surface area contributed by atoms with Crippen molar-refractivity contribution in [3.05, 3.63) is 29.3 Å². The van der Waals surface area contributed by atoms with Gasteiger partial charge in [0, 0.05) is 19.7 Å². The number of thiazole rings is 1. The molecule has 22 heavy (non-hydrogen) atoms. The number of aliphatic hydroxyl groups is 1. The first-order chi connectivity index (χ1) is 10.7. The first kappa shape index (κ1) is 14.6. The minimum absolute atomic E-state index is 0.0596. The number of fused-ring (bicyclic) bond motifs is 2. The molecule has 0 amide bonds. The maximum absolute atomic E-state index is 10.1. The number of hydrogen-bond donors (Lipinski definition) is 1. The first-order valence-electron chi connectivity index (χ1n) is 8.02. The number of benzene rings is 1. The molecule has 5 heteroatoms. The Morgan fingerprint density at radius 2 is 2.27 bits per heavy atom. The van der Waals surface area contributed by atoms with Crippen molar-refractivity contribution in [2.45, 2.75) is 50.0 Å². The molecule has 0 spiro atoms. The number of ether oxygens (including phenoxy) is 1. The molecule has 1 aromatic heterocycles. The summed E-state index contributed by atoms with van der Waals surface area (Å²) in [7, 11) is 1.83. The van der Waals surface area contributed by atoms with E-state index in [1.165, 1.54) is 4.70 Å². The molecule has 1 saturated carbocycles. The van der Waals surface area contributed by atoms with Crippen LogP contribution in [0.15, 0.2) is 24.3 Å². The smallest absolute Gasteiger partial charge is 0.108 e. The molecule has 1 aliphatic heterocycles. The van der Waals surface area contributed by atoms with Crippen molar-refractivity contribution in [2.24, 2.45) is 0 Å². The molecule has 1 N–H and O–H groups in total. The fourth-order valence-electron chi connectivity index (χ4n) is 4.12. The van der Waals surface area contributed by atoms with Gasteiger partial charge in [-0.15, -0.1) is 11.3 Å². The van der Waals surface area contributed by atoms with Crippen molar-refractivity contribution >= 4 is 21.6 Å². The summed E-state index contributed by atoms with van der Waals surface area (Å²) in [5.74, 6) is 0. The van der Waals surface area contributed by atoms with E-state index in [-0.39, 0.29) is 11.7 Å². The minimum atomic E-state index is -0.191. The van der Waals surface area contributed by atoms with Gasteiger partial charge in [0.2, 0.25) is 0 Å². The Balaban J connectivity index is 1.57. The Morgan fingerprint density at radius 1 is 1.41 bits per heavy atom. The van der Waals surface area contributed by atoms with Gasteiger partial charge in [-0.3, -0.25) is 4.90 Å². The van der Waals surface area contributed by atoms with Crippen LogP contribution in [-0.2, 0) is 11.3 Å². The average molecular weight is 318 g/mol. The minimum Gasteiger partial charge on any atom is -0.393 e. The van der Waals surface area contributed by atoms with Gasteiger partial charge in [0.15, 0.2) is 0 Å². The van der Waals surface area contributed by atoms with E-state index in [0.717, 1.165) is 49.3 Å². The Kier molecular flexibility index (Phi) is 3.69. The number of aliphatic hydroxyl groups excluding tert-OH is 1. The van der Waals surface area contributed by atoms with Crippen molar-refractivity contribution in [2.75, 3.05) is 13.7 Å². The van der Waals surface area contributed by atoms with Crippen LogP contribution in [0.3, 0.4) is 0 Å². The van der Waals surface area contributed by atoms with Gasteiger partial charge in [0.25, 0.3) is 0 Å². The van der Waals surface area contributed by atoms with E-state index < -0.39 is 0 Å².